The topological polar surface area (TPSA) is 87.0 Å². The molecule has 0 aliphatic carbocycles. The Labute approximate surface area is 123 Å². The third kappa shape index (κ3) is 2.98. The Morgan fingerprint density at radius 3 is 2.48 bits per heavy atom. The first-order valence-corrected chi connectivity index (χ1v) is 6.21. The molecule has 110 valence electrons. The second-order valence-electron chi connectivity index (χ2n) is 4.51. The van der Waals surface area contributed by atoms with Crippen molar-refractivity contribution < 1.29 is 26.2 Å². The van der Waals surface area contributed by atoms with Gasteiger partial charge in [0.05, 0.1) is 7.11 Å². The number of aliphatic hydroxyl groups is 1. The molecule has 0 aliphatic rings. The van der Waals surface area contributed by atoms with Gasteiger partial charge in [-0.2, -0.15) is 0 Å². The van der Waals surface area contributed by atoms with E-state index in [1.165, 1.54) is 37.4 Å². The fourth-order valence-corrected chi connectivity index (χ4v) is 2.00. The van der Waals surface area contributed by atoms with E-state index in [0.717, 1.165) is 0 Å². The van der Waals surface area contributed by atoms with E-state index < -0.39 is 18.0 Å². The second kappa shape index (κ2) is 5.85. The monoisotopic (exact) mass is 289 g/mol. The highest BCUT2D eigenvalue weighted by atomic mass is 16.5. The number of aliphatic carboxylic acids is 1. The molecule has 0 bridgehead atoms. The van der Waals surface area contributed by atoms with Gasteiger partial charge in [-0.15, -0.1) is 0 Å². The van der Waals surface area contributed by atoms with E-state index in [4.69, 9.17) is 6.11 Å². The number of hydrogen-bond donors (Lipinski definition) is 3. The average Bonchev–Trinajstić information content (AvgIpc) is 2.53. The molecular weight excluding hydrogens is 272 g/mol. The number of methoxy groups -OCH3 is 1. The van der Waals surface area contributed by atoms with Crippen LogP contribution in [0.5, 0.6) is 11.5 Å². The third-order valence-electron chi connectivity index (χ3n) is 3.12. The van der Waals surface area contributed by atoms with Crippen molar-refractivity contribution in [1.82, 2.24) is 0 Å². The number of carbonyl (C=O) groups is 1. The Morgan fingerprint density at radius 1 is 1.29 bits per heavy atom. The summed E-state index contributed by atoms with van der Waals surface area (Å²) in [5, 5.41) is 29.8. The molecule has 0 saturated heterocycles. The molecule has 0 amide bonds. The molecular formula is C16H16O5. The number of benzene rings is 2. The first kappa shape index (κ1) is 13.5. The summed E-state index contributed by atoms with van der Waals surface area (Å²) in [5.74, 6) is -1.55. The molecule has 2 atom stereocenters. The predicted octanol–water partition coefficient (Wildman–Crippen LogP) is 1.92. The lowest BCUT2D eigenvalue weighted by atomic mass is 9.87. The highest BCUT2D eigenvalue weighted by Crippen LogP contribution is 2.31. The summed E-state index contributed by atoms with van der Waals surface area (Å²) < 4.78 is 13.1. The molecule has 2 aromatic rings. The Morgan fingerprint density at radius 2 is 1.95 bits per heavy atom. The van der Waals surface area contributed by atoms with Gasteiger partial charge in [-0.1, -0.05) is 36.4 Å². The zero-order chi connectivity index (χ0) is 16.3. The van der Waals surface area contributed by atoms with Crippen LogP contribution in [0.4, 0.5) is 0 Å². The van der Waals surface area contributed by atoms with Crippen molar-refractivity contribution in [3.05, 3.63) is 59.7 Å². The van der Waals surface area contributed by atoms with Crippen molar-refractivity contribution in [2.75, 3.05) is 7.11 Å². The lowest BCUT2D eigenvalue weighted by molar-refractivity contribution is -0.159. The van der Waals surface area contributed by atoms with E-state index in [0.29, 0.717) is 0 Å². The largest absolute Gasteiger partial charge is 0.504 e. The SMILES string of the molecule is [2H]C(c1ccc(OC)c(O)c1)C(O)(C(=O)O)c1ccccc1. The number of ether oxygens (including phenoxy) is 1. The predicted molar refractivity (Wildman–Crippen MR) is 76.3 cm³/mol. The van der Waals surface area contributed by atoms with Crippen LogP contribution < -0.4 is 4.74 Å². The third-order valence-corrected chi connectivity index (χ3v) is 3.12. The van der Waals surface area contributed by atoms with Gasteiger partial charge < -0.3 is 20.1 Å². The van der Waals surface area contributed by atoms with Crippen LogP contribution in [0, 0.1) is 0 Å². The summed E-state index contributed by atoms with van der Waals surface area (Å²) in [4.78, 5) is 11.6. The molecule has 5 nitrogen and oxygen atoms in total. The fourth-order valence-electron chi connectivity index (χ4n) is 2.00. The van der Waals surface area contributed by atoms with Crippen LogP contribution in [0.1, 0.15) is 12.5 Å². The Balaban J connectivity index is 2.49. The molecule has 2 rings (SSSR count). The molecule has 0 radical (unpaired) electrons. The first-order valence-electron chi connectivity index (χ1n) is 6.79. The molecule has 5 heteroatoms. The van der Waals surface area contributed by atoms with E-state index in [-0.39, 0.29) is 22.6 Å². The van der Waals surface area contributed by atoms with E-state index in [9.17, 15) is 20.1 Å². The maximum Gasteiger partial charge on any atom is 0.340 e. The number of aromatic hydroxyl groups is 1. The zero-order valence-electron chi connectivity index (χ0n) is 12.4. The molecule has 3 N–H and O–H groups in total. The molecule has 0 fully saturated rings. The zero-order valence-corrected chi connectivity index (χ0v) is 11.4. The lowest BCUT2D eigenvalue weighted by Gasteiger charge is -2.24. The minimum Gasteiger partial charge on any atom is -0.504 e. The molecule has 0 spiro atoms. The summed E-state index contributed by atoms with van der Waals surface area (Å²) in [6.45, 7) is 0. The first-order chi connectivity index (χ1) is 10.4. The number of carboxylic acids is 1. The normalized spacial score (nSPS) is 15.6. The van der Waals surface area contributed by atoms with Crippen LogP contribution >= 0.6 is 0 Å². The van der Waals surface area contributed by atoms with E-state index >= 15 is 0 Å². The van der Waals surface area contributed by atoms with Gasteiger partial charge in [-0.05, 0) is 23.3 Å². The lowest BCUT2D eigenvalue weighted by Crippen LogP contribution is -2.37. The molecule has 0 saturated carbocycles. The number of rotatable bonds is 5. The minimum atomic E-state index is -2.43. The van der Waals surface area contributed by atoms with Crippen molar-refractivity contribution in [2.45, 2.75) is 12.0 Å². The van der Waals surface area contributed by atoms with E-state index in [2.05, 4.69) is 0 Å². The summed E-state index contributed by atoms with van der Waals surface area (Å²) in [6, 6.07) is 11.8. The summed E-state index contributed by atoms with van der Waals surface area (Å²) in [5.41, 5.74) is -2.17. The molecule has 0 aliphatic heterocycles. The van der Waals surface area contributed by atoms with Crippen molar-refractivity contribution in [2.24, 2.45) is 0 Å². The van der Waals surface area contributed by atoms with Gasteiger partial charge in [0.25, 0.3) is 0 Å². The van der Waals surface area contributed by atoms with Gasteiger partial charge in [0.2, 0.25) is 0 Å². The van der Waals surface area contributed by atoms with Crippen LogP contribution in [-0.2, 0) is 16.8 Å². The van der Waals surface area contributed by atoms with Crippen LogP contribution in [0.15, 0.2) is 48.5 Å². The number of hydrogen-bond acceptors (Lipinski definition) is 4. The maximum absolute atomic E-state index is 11.6. The van der Waals surface area contributed by atoms with Crippen LogP contribution in [0.2, 0.25) is 0 Å². The molecule has 2 unspecified atom stereocenters. The molecule has 2 aromatic carbocycles. The molecule has 0 heterocycles. The van der Waals surface area contributed by atoms with Gasteiger partial charge in [0, 0.05) is 7.77 Å². The highest BCUT2D eigenvalue weighted by Gasteiger charge is 2.38. The molecule has 0 aromatic heterocycles. The number of phenolic OH excluding ortho intramolecular Hbond substituents is 1. The van der Waals surface area contributed by atoms with Gasteiger partial charge in [-0.3, -0.25) is 0 Å². The summed E-state index contributed by atoms with van der Waals surface area (Å²) >= 11 is 0. The van der Waals surface area contributed by atoms with Crippen molar-refractivity contribution in [3.8, 4) is 11.5 Å². The average molecular weight is 289 g/mol. The van der Waals surface area contributed by atoms with Gasteiger partial charge in [0.1, 0.15) is 0 Å². The quantitative estimate of drug-likeness (QED) is 0.782. The second-order valence-corrected chi connectivity index (χ2v) is 4.51. The van der Waals surface area contributed by atoms with E-state index in [1.807, 2.05) is 0 Å². The van der Waals surface area contributed by atoms with Crippen LogP contribution in [0.25, 0.3) is 0 Å². The summed E-state index contributed by atoms with van der Waals surface area (Å²) in [6.07, 6.45) is -1.52. The Bertz CT molecular complexity index is 673. The van der Waals surface area contributed by atoms with E-state index in [1.54, 1.807) is 18.2 Å². The number of carboxylic acid groups (broad SMARTS) is 1. The Hall–Kier alpha value is -2.53. The van der Waals surface area contributed by atoms with Crippen molar-refractivity contribution >= 4 is 5.97 Å². The van der Waals surface area contributed by atoms with Crippen LogP contribution in [-0.4, -0.2) is 28.4 Å². The molecule has 21 heavy (non-hydrogen) atoms. The fraction of sp³-hybridized carbons (Fsp3) is 0.188. The summed E-state index contributed by atoms with van der Waals surface area (Å²) in [7, 11) is 1.38. The van der Waals surface area contributed by atoms with Gasteiger partial charge >= 0.3 is 5.97 Å². The Kier molecular flexibility index (Phi) is 3.75. The standard InChI is InChI=1S/C16H16O5/c1-21-14-8-7-11(9-13(14)17)10-16(20,15(18)19)12-5-3-2-4-6-12/h2-9,17,20H,10H2,1H3,(H,18,19)/i10D. The van der Waals surface area contributed by atoms with Crippen molar-refractivity contribution in [1.29, 1.82) is 0 Å². The van der Waals surface area contributed by atoms with Crippen LogP contribution in [0.3, 0.4) is 0 Å². The maximum atomic E-state index is 11.6. The van der Waals surface area contributed by atoms with Gasteiger partial charge in [-0.25, -0.2) is 4.79 Å². The minimum absolute atomic E-state index is 0.0952. The highest BCUT2D eigenvalue weighted by molar-refractivity contribution is 5.79. The van der Waals surface area contributed by atoms with Gasteiger partial charge in [0.15, 0.2) is 17.1 Å². The number of phenols is 1. The van der Waals surface area contributed by atoms with Crippen molar-refractivity contribution in [3.63, 3.8) is 0 Å². The smallest absolute Gasteiger partial charge is 0.340 e.